The monoisotopic (exact) mass is 235 g/mol. The summed E-state index contributed by atoms with van der Waals surface area (Å²) in [6.45, 7) is 1.71. The van der Waals surface area contributed by atoms with Gasteiger partial charge in [0, 0.05) is 19.3 Å². The molecule has 0 radical (unpaired) electrons. The van der Waals surface area contributed by atoms with Crippen LogP contribution in [0.1, 0.15) is 41.7 Å². The number of carboxylic acid groups (broad SMARTS) is 1. The molecule has 0 aromatic carbocycles. The maximum atomic E-state index is 10.9. The fourth-order valence-electron chi connectivity index (χ4n) is 2.29. The molecule has 1 N–H and O–H groups in total. The van der Waals surface area contributed by atoms with Gasteiger partial charge in [0.25, 0.3) is 0 Å². The largest absolute Gasteiger partial charge is 0.478 e. The summed E-state index contributed by atoms with van der Waals surface area (Å²) in [6, 6.07) is 0.491. The molecule has 1 heterocycles. The molecule has 1 saturated carbocycles. The van der Waals surface area contributed by atoms with Gasteiger partial charge in [-0.2, -0.15) is 0 Å². The SMILES string of the molecule is Cc1nc(N(C)C2CCCC2)ncc1C(=O)O. The van der Waals surface area contributed by atoms with E-state index in [1.54, 1.807) is 6.92 Å². The van der Waals surface area contributed by atoms with Gasteiger partial charge in [-0.15, -0.1) is 0 Å². The average Bonchev–Trinajstić information content (AvgIpc) is 2.80. The molecule has 1 aromatic rings. The van der Waals surface area contributed by atoms with E-state index in [-0.39, 0.29) is 5.56 Å². The predicted octanol–water partition coefficient (Wildman–Crippen LogP) is 1.86. The topological polar surface area (TPSA) is 66.3 Å². The van der Waals surface area contributed by atoms with Gasteiger partial charge in [-0.25, -0.2) is 14.8 Å². The number of rotatable bonds is 3. The molecule has 1 aromatic heterocycles. The van der Waals surface area contributed by atoms with Gasteiger partial charge in [-0.3, -0.25) is 0 Å². The van der Waals surface area contributed by atoms with E-state index in [0.717, 1.165) is 0 Å². The average molecular weight is 235 g/mol. The lowest BCUT2D eigenvalue weighted by molar-refractivity contribution is 0.0695. The minimum Gasteiger partial charge on any atom is -0.478 e. The fraction of sp³-hybridized carbons (Fsp3) is 0.583. The zero-order valence-electron chi connectivity index (χ0n) is 10.2. The van der Waals surface area contributed by atoms with Crippen molar-refractivity contribution in [2.75, 3.05) is 11.9 Å². The van der Waals surface area contributed by atoms with E-state index in [4.69, 9.17) is 5.11 Å². The summed E-state index contributed by atoms with van der Waals surface area (Å²) in [4.78, 5) is 21.3. The van der Waals surface area contributed by atoms with Crippen molar-refractivity contribution in [3.63, 3.8) is 0 Å². The van der Waals surface area contributed by atoms with Crippen LogP contribution in [0, 0.1) is 6.92 Å². The molecule has 0 spiro atoms. The maximum absolute atomic E-state index is 10.9. The molecule has 0 aliphatic heterocycles. The summed E-state index contributed by atoms with van der Waals surface area (Å²) in [5, 5.41) is 8.91. The van der Waals surface area contributed by atoms with Gasteiger partial charge in [-0.1, -0.05) is 12.8 Å². The van der Waals surface area contributed by atoms with Crippen LogP contribution in [-0.2, 0) is 0 Å². The number of hydrogen-bond donors (Lipinski definition) is 1. The first-order chi connectivity index (χ1) is 8.09. The molecule has 92 valence electrons. The van der Waals surface area contributed by atoms with Gasteiger partial charge < -0.3 is 10.0 Å². The van der Waals surface area contributed by atoms with Crippen LogP contribution in [0.25, 0.3) is 0 Å². The van der Waals surface area contributed by atoms with E-state index >= 15 is 0 Å². The number of carboxylic acids is 1. The van der Waals surface area contributed by atoms with Crippen LogP contribution in [0.15, 0.2) is 6.20 Å². The second kappa shape index (κ2) is 4.69. The summed E-state index contributed by atoms with van der Waals surface area (Å²) in [6.07, 6.45) is 6.23. The molecule has 5 nitrogen and oxygen atoms in total. The van der Waals surface area contributed by atoms with Gasteiger partial charge in [0.2, 0.25) is 5.95 Å². The molecular weight excluding hydrogens is 218 g/mol. The van der Waals surface area contributed by atoms with E-state index in [9.17, 15) is 4.79 Å². The highest BCUT2D eigenvalue weighted by Crippen LogP contribution is 2.25. The van der Waals surface area contributed by atoms with Gasteiger partial charge in [0.05, 0.1) is 11.3 Å². The summed E-state index contributed by atoms with van der Waals surface area (Å²) in [7, 11) is 1.98. The number of nitrogens with zero attached hydrogens (tertiary/aromatic N) is 3. The van der Waals surface area contributed by atoms with E-state index < -0.39 is 5.97 Å². The molecule has 0 bridgehead atoms. The Morgan fingerprint density at radius 1 is 1.47 bits per heavy atom. The third kappa shape index (κ3) is 2.38. The third-order valence-corrected chi connectivity index (χ3v) is 3.38. The minimum absolute atomic E-state index is 0.175. The highest BCUT2D eigenvalue weighted by molar-refractivity contribution is 5.88. The van der Waals surface area contributed by atoms with Crippen LogP contribution >= 0.6 is 0 Å². The Labute approximate surface area is 100 Å². The normalized spacial score (nSPS) is 16.1. The molecule has 0 saturated heterocycles. The van der Waals surface area contributed by atoms with E-state index in [1.165, 1.54) is 31.9 Å². The first kappa shape index (κ1) is 11.8. The van der Waals surface area contributed by atoms with Crippen molar-refractivity contribution in [2.45, 2.75) is 38.6 Å². The Morgan fingerprint density at radius 3 is 2.65 bits per heavy atom. The van der Waals surface area contributed by atoms with Crippen LogP contribution in [0.3, 0.4) is 0 Å². The summed E-state index contributed by atoms with van der Waals surface area (Å²) >= 11 is 0. The van der Waals surface area contributed by atoms with E-state index in [2.05, 4.69) is 14.9 Å². The van der Waals surface area contributed by atoms with Crippen LogP contribution in [0.5, 0.6) is 0 Å². The molecule has 1 aliphatic carbocycles. The molecule has 17 heavy (non-hydrogen) atoms. The zero-order chi connectivity index (χ0) is 12.4. The van der Waals surface area contributed by atoms with Gasteiger partial charge in [-0.05, 0) is 19.8 Å². The number of aromatic carboxylic acids is 1. The molecule has 0 unspecified atom stereocenters. The maximum Gasteiger partial charge on any atom is 0.339 e. The number of aryl methyl sites for hydroxylation is 1. The third-order valence-electron chi connectivity index (χ3n) is 3.38. The van der Waals surface area contributed by atoms with Crippen molar-refractivity contribution in [3.8, 4) is 0 Å². The van der Waals surface area contributed by atoms with Crippen LogP contribution in [0.2, 0.25) is 0 Å². The highest BCUT2D eigenvalue weighted by Gasteiger charge is 2.22. The first-order valence-electron chi connectivity index (χ1n) is 5.89. The van der Waals surface area contributed by atoms with Crippen molar-refractivity contribution in [3.05, 3.63) is 17.5 Å². The molecule has 0 amide bonds. The zero-order valence-corrected chi connectivity index (χ0v) is 10.2. The van der Waals surface area contributed by atoms with E-state index in [0.29, 0.717) is 17.7 Å². The van der Waals surface area contributed by atoms with Crippen LogP contribution in [0.4, 0.5) is 5.95 Å². The lowest BCUT2D eigenvalue weighted by Gasteiger charge is -2.24. The quantitative estimate of drug-likeness (QED) is 0.866. The van der Waals surface area contributed by atoms with E-state index in [1.807, 2.05) is 7.05 Å². The Bertz CT molecular complexity index is 428. The van der Waals surface area contributed by atoms with Crippen molar-refractivity contribution in [2.24, 2.45) is 0 Å². The number of aromatic nitrogens is 2. The lowest BCUT2D eigenvalue weighted by atomic mass is 10.2. The second-order valence-electron chi connectivity index (χ2n) is 4.52. The smallest absolute Gasteiger partial charge is 0.339 e. The summed E-state index contributed by atoms with van der Waals surface area (Å²) in [5.74, 6) is -0.350. The molecule has 0 atom stereocenters. The Kier molecular flexibility index (Phi) is 3.26. The van der Waals surface area contributed by atoms with Crippen molar-refractivity contribution in [1.82, 2.24) is 9.97 Å². The fourth-order valence-corrected chi connectivity index (χ4v) is 2.29. The molecular formula is C12H17N3O2. The number of hydrogen-bond acceptors (Lipinski definition) is 4. The standard InChI is InChI=1S/C12H17N3O2/c1-8-10(11(16)17)7-13-12(14-8)15(2)9-5-3-4-6-9/h7,9H,3-6H2,1-2H3,(H,16,17). The van der Waals surface area contributed by atoms with Crippen molar-refractivity contribution < 1.29 is 9.90 Å². The molecule has 1 fully saturated rings. The second-order valence-corrected chi connectivity index (χ2v) is 4.52. The van der Waals surface area contributed by atoms with Crippen molar-refractivity contribution in [1.29, 1.82) is 0 Å². The molecule has 2 rings (SSSR count). The Hall–Kier alpha value is -1.65. The summed E-state index contributed by atoms with van der Waals surface area (Å²) in [5.41, 5.74) is 0.695. The lowest BCUT2D eigenvalue weighted by Crippen LogP contribution is -2.30. The predicted molar refractivity (Wildman–Crippen MR) is 64.4 cm³/mol. The van der Waals surface area contributed by atoms with Gasteiger partial charge in [0.15, 0.2) is 0 Å². The number of carbonyl (C=O) groups is 1. The molecule has 5 heteroatoms. The minimum atomic E-state index is -0.974. The van der Waals surface area contributed by atoms with Gasteiger partial charge >= 0.3 is 5.97 Å². The van der Waals surface area contributed by atoms with Crippen LogP contribution < -0.4 is 4.90 Å². The number of anilines is 1. The van der Waals surface area contributed by atoms with Crippen LogP contribution in [-0.4, -0.2) is 34.1 Å². The van der Waals surface area contributed by atoms with Crippen molar-refractivity contribution >= 4 is 11.9 Å². The van der Waals surface area contributed by atoms with Gasteiger partial charge in [0.1, 0.15) is 0 Å². The highest BCUT2D eigenvalue weighted by atomic mass is 16.4. The molecule has 1 aliphatic rings. The Morgan fingerprint density at radius 2 is 2.12 bits per heavy atom. The summed E-state index contributed by atoms with van der Waals surface area (Å²) < 4.78 is 0. The first-order valence-corrected chi connectivity index (χ1v) is 5.89. The Balaban J connectivity index is 2.21.